The molecule has 5 rings (SSSR count). The monoisotopic (exact) mass is 438 g/mol. The van der Waals surface area contributed by atoms with E-state index in [9.17, 15) is 29.6 Å². The van der Waals surface area contributed by atoms with E-state index in [2.05, 4.69) is 5.32 Å². The van der Waals surface area contributed by atoms with Crippen molar-refractivity contribution >= 4 is 23.3 Å². The third-order valence-corrected chi connectivity index (χ3v) is 7.23. The van der Waals surface area contributed by atoms with Crippen LogP contribution in [0.5, 0.6) is 0 Å². The molecule has 0 radical (unpaired) electrons. The van der Waals surface area contributed by atoms with Gasteiger partial charge in [-0.2, -0.15) is 0 Å². The van der Waals surface area contributed by atoms with Gasteiger partial charge in [0.2, 0.25) is 5.91 Å². The Morgan fingerprint density at radius 3 is 2.72 bits per heavy atom. The summed E-state index contributed by atoms with van der Waals surface area (Å²) in [6.07, 6.45) is 0.497. The lowest BCUT2D eigenvalue weighted by molar-refractivity contribution is -0.384. The highest BCUT2D eigenvalue weighted by Gasteiger charge is 2.62. The largest absolute Gasteiger partial charge is 0.480 e. The summed E-state index contributed by atoms with van der Waals surface area (Å²) in [5.74, 6) is -2.20. The van der Waals surface area contributed by atoms with E-state index in [0.29, 0.717) is 30.8 Å². The van der Waals surface area contributed by atoms with Gasteiger partial charge >= 0.3 is 5.97 Å². The lowest BCUT2D eigenvalue weighted by atomic mass is 9.61. The fourth-order valence-electron chi connectivity index (χ4n) is 6.01. The molecule has 1 saturated heterocycles. The number of anilines is 1. The maximum Gasteiger partial charge on any atom is 0.321 e. The molecule has 2 aromatic rings. The van der Waals surface area contributed by atoms with Gasteiger partial charge in [0.1, 0.15) is 0 Å². The number of pyridine rings is 1. The third kappa shape index (κ3) is 2.61. The van der Waals surface area contributed by atoms with Crippen LogP contribution in [-0.4, -0.2) is 46.1 Å². The quantitative estimate of drug-likeness (QED) is 0.417. The molecular weight excluding hydrogens is 416 g/mol. The predicted octanol–water partition coefficient (Wildman–Crippen LogP) is 1.12. The highest BCUT2D eigenvalue weighted by atomic mass is 16.6. The Morgan fingerprint density at radius 1 is 1.25 bits per heavy atom. The first kappa shape index (κ1) is 20.2. The van der Waals surface area contributed by atoms with Crippen molar-refractivity contribution in [2.75, 3.05) is 18.5 Å². The van der Waals surface area contributed by atoms with Gasteiger partial charge in [-0.05, 0) is 30.0 Å². The van der Waals surface area contributed by atoms with Crippen molar-refractivity contribution in [3.63, 3.8) is 0 Å². The summed E-state index contributed by atoms with van der Waals surface area (Å²) >= 11 is 0. The molecule has 1 fully saturated rings. The van der Waals surface area contributed by atoms with Gasteiger partial charge in [0, 0.05) is 62.1 Å². The number of nitrogens with zero attached hydrogens (tertiary/aromatic N) is 3. The fourth-order valence-corrected chi connectivity index (χ4v) is 6.01. The van der Waals surface area contributed by atoms with Gasteiger partial charge in [0.05, 0.1) is 11.0 Å². The molecule has 10 nitrogen and oxygen atoms in total. The zero-order chi connectivity index (χ0) is 22.8. The Morgan fingerprint density at radius 2 is 2.03 bits per heavy atom. The molecule has 4 heterocycles. The summed E-state index contributed by atoms with van der Waals surface area (Å²) in [5.41, 5.74) is -0.246. The molecule has 0 saturated carbocycles. The number of hydrogen-bond acceptors (Lipinski definition) is 6. The first-order valence-electron chi connectivity index (χ1n) is 10.5. The van der Waals surface area contributed by atoms with Crippen LogP contribution in [0.3, 0.4) is 0 Å². The summed E-state index contributed by atoms with van der Waals surface area (Å²) in [6.45, 7) is 0.968. The number of aromatic nitrogens is 1. The molecule has 166 valence electrons. The maximum absolute atomic E-state index is 13.2. The number of carbonyl (C=O) groups is 2. The Labute approximate surface area is 182 Å². The number of piperidine rings is 1. The van der Waals surface area contributed by atoms with E-state index in [-0.39, 0.29) is 29.5 Å². The number of nitro benzene ring substituents is 1. The maximum atomic E-state index is 13.2. The van der Waals surface area contributed by atoms with Crippen molar-refractivity contribution in [2.45, 2.75) is 31.3 Å². The minimum atomic E-state index is -1.86. The average Bonchev–Trinajstić information content (AvgIpc) is 2.77. The number of rotatable bonds is 3. The van der Waals surface area contributed by atoms with Gasteiger partial charge in [-0.15, -0.1) is 0 Å². The standard InChI is InChI=1S/C22H22N4O6/c1-23-20(28)22(21(29)30)9-13-8-14(26(31)32)5-6-16(13)25-11-12-7-15(19(22)25)17-3-2-4-18(27)24(17)10-12/h2-6,8,12,15,19H,7,9-11H2,1H3,(H,23,28)(H,29,30)/t12-,15+,19+,22+/m0/s1. The van der Waals surface area contributed by atoms with Crippen molar-refractivity contribution in [3.05, 3.63) is 68.1 Å². The van der Waals surface area contributed by atoms with Gasteiger partial charge in [-0.1, -0.05) is 6.07 Å². The molecule has 2 N–H and O–H groups in total. The second kappa shape index (κ2) is 6.91. The zero-order valence-electron chi connectivity index (χ0n) is 17.4. The normalized spacial score (nSPS) is 27.5. The van der Waals surface area contributed by atoms with E-state index >= 15 is 0 Å². The Bertz CT molecular complexity index is 1220. The van der Waals surface area contributed by atoms with Crippen molar-refractivity contribution in [1.82, 2.24) is 9.88 Å². The molecule has 32 heavy (non-hydrogen) atoms. The molecule has 1 aromatic carbocycles. The van der Waals surface area contributed by atoms with Crippen LogP contribution < -0.4 is 15.8 Å². The van der Waals surface area contributed by atoms with Crippen molar-refractivity contribution in [3.8, 4) is 0 Å². The number of nitro groups is 1. The van der Waals surface area contributed by atoms with Crippen LogP contribution in [0.15, 0.2) is 41.2 Å². The predicted molar refractivity (Wildman–Crippen MR) is 114 cm³/mol. The van der Waals surface area contributed by atoms with Gasteiger partial charge in [0.15, 0.2) is 5.41 Å². The average molecular weight is 438 g/mol. The number of fused-ring (bicyclic) bond motifs is 8. The number of amides is 1. The Balaban J connectivity index is 1.77. The third-order valence-electron chi connectivity index (χ3n) is 7.23. The summed E-state index contributed by atoms with van der Waals surface area (Å²) in [7, 11) is 1.39. The molecule has 1 amide bonds. The van der Waals surface area contributed by atoms with E-state index in [0.717, 1.165) is 5.69 Å². The summed E-state index contributed by atoms with van der Waals surface area (Å²) in [5, 5.41) is 24.3. The van der Waals surface area contributed by atoms with Crippen LogP contribution in [-0.2, 0) is 22.6 Å². The lowest BCUT2D eigenvalue weighted by Crippen LogP contribution is -2.68. The van der Waals surface area contributed by atoms with E-state index in [1.54, 1.807) is 16.7 Å². The lowest BCUT2D eigenvalue weighted by Gasteiger charge is -2.57. The second-order valence-corrected chi connectivity index (χ2v) is 8.81. The van der Waals surface area contributed by atoms with Crippen molar-refractivity contribution < 1.29 is 19.6 Å². The molecule has 3 aliphatic heterocycles. The Kier molecular flexibility index (Phi) is 4.37. The number of non-ortho nitro benzene ring substituents is 1. The van der Waals surface area contributed by atoms with E-state index in [1.807, 2.05) is 11.0 Å². The van der Waals surface area contributed by atoms with Crippen molar-refractivity contribution in [2.24, 2.45) is 11.3 Å². The van der Waals surface area contributed by atoms with Crippen LogP contribution in [0.1, 0.15) is 23.6 Å². The SMILES string of the molecule is CNC(=O)[C@@]1(C(=O)O)Cc2cc([N+](=O)[O-])ccc2N2C[C@H]3C[C@H](c4cccc(=O)n4C3)[C@@H]21. The van der Waals surface area contributed by atoms with Crippen LogP contribution in [0.25, 0.3) is 0 Å². The first-order valence-corrected chi connectivity index (χ1v) is 10.5. The van der Waals surface area contributed by atoms with E-state index in [4.69, 9.17) is 0 Å². The number of aliphatic carboxylic acids is 1. The molecule has 1 aromatic heterocycles. The summed E-state index contributed by atoms with van der Waals surface area (Å²) in [4.78, 5) is 51.3. The topological polar surface area (TPSA) is 135 Å². The number of nitrogens with one attached hydrogen (secondary N) is 1. The van der Waals surface area contributed by atoms with Gasteiger partial charge in [0.25, 0.3) is 11.2 Å². The molecule has 2 bridgehead atoms. The number of benzene rings is 1. The number of hydrogen-bond donors (Lipinski definition) is 2. The molecule has 3 aliphatic rings. The molecule has 4 atom stereocenters. The summed E-state index contributed by atoms with van der Waals surface area (Å²) < 4.78 is 1.69. The van der Waals surface area contributed by atoms with Crippen LogP contribution in [0.2, 0.25) is 0 Å². The minimum absolute atomic E-state index is 0.0844. The summed E-state index contributed by atoms with van der Waals surface area (Å²) in [6, 6.07) is 8.67. The zero-order valence-corrected chi connectivity index (χ0v) is 17.4. The fraction of sp³-hybridized carbons (Fsp3) is 0.409. The van der Waals surface area contributed by atoms with E-state index < -0.39 is 28.3 Å². The van der Waals surface area contributed by atoms with Gasteiger partial charge in [-0.3, -0.25) is 24.5 Å². The van der Waals surface area contributed by atoms with Gasteiger partial charge in [-0.25, -0.2) is 0 Å². The van der Waals surface area contributed by atoms with Gasteiger partial charge < -0.3 is 19.9 Å². The van der Waals surface area contributed by atoms with Crippen molar-refractivity contribution in [1.29, 1.82) is 0 Å². The smallest absolute Gasteiger partial charge is 0.321 e. The molecule has 0 spiro atoms. The molecule has 0 unspecified atom stereocenters. The molecule has 10 heteroatoms. The number of carboxylic acids is 1. The van der Waals surface area contributed by atoms with Crippen LogP contribution in [0, 0.1) is 21.4 Å². The first-order chi connectivity index (χ1) is 15.3. The number of carbonyl (C=O) groups excluding carboxylic acids is 1. The van der Waals surface area contributed by atoms with E-state index in [1.165, 1.54) is 25.2 Å². The highest BCUT2D eigenvalue weighted by molar-refractivity contribution is 6.04. The second-order valence-electron chi connectivity index (χ2n) is 8.81. The van der Waals surface area contributed by atoms with Crippen LogP contribution >= 0.6 is 0 Å². The Hall–Kier alpha value is -3.69. The number of carboxylic acid groups (broad SMARTS) is 1. The minimum Gasteiger partial charge on any atom is -0.480 e. The van der Waals surface area contributed by atoms with Crippen LogP contribution in [0.4, 0.5) is 11.4 Å². The molecular formula is C22H22N4O6. The highest BCUT2D eigenvalue weighted by Crippen LogP contribution is 2.53. The molecule has 0 aliphatic carbocycles.